The third-order valence-electron chi connectivity index (χ3n) is 1.44. The summed E-state index contributed by atoms with van der Waals surface area (Å²) in [5.74, 6) is 0.517. The van der Waals surface area contributed by atoms with E-state index in [4.69, 9.17) is 5.53 Å². The molecule has 2 aromatic heterocycles. The van der Waals surface area contributed by atoms with Crippen LogP contribution in [-0.2, 0) is 0 Å². The standard InChI is InChI=1S/C6H4N8/c7-13-12-5-6(10-2-1-9-5)14-4-8-3-11-14/h1-4H. The molecule has 0 amide bonds. The minimum Gasteiger partial charge on any atom is -0.249 e. The van der Waals surface area contributed by atoms with E-state index in [9.17, 15) is 0 Å². The monoisotopic (exact) mass is 188 g/mol. The molecule has 0 aromatic carbocycles. The number of nitrogens with zero attached hydrogens (tertiary/aromatic N) is 8. The fourth-order valence-corrected chi connectivity index (χ4v) is 0.915. The topological polar surface area (TPSA) is 105 Å². The van der Waals surface area contributed by atoms with Gasteiger partial charge in [0.1, 0.15) is 12.7 Å². The van der Waals surface area contributed by atoms with Crippen molar-refractivity contribution in [2.75, 3.05) is 0 Å². The van der Waals surface area contributed by atoms with Crippen LogP contribution in [0.2, 0.25) is 0 Å². The van der Waals surface area contributed by atoms with Crippen molar-refractivity contribution in [1.82, 2.24) is 24.7 Å². The first-order valence-electron chi connectivity index (χ1n) is 3.63. The molecule has 0 bridgehead atoms. The zero-order chi connectivity index (χ0) is 9.80. The van der Waals surface area contributed by atoms with Crippen LogP contribution < -0.4 is 0 Å². The first-order chi connectivity index (χ1) is 6.92. The Labute approximate surface area is 77.9 Å². The van der Waals surface area contributed by atoms with Crippen LogP contribution in [0, 0.1) is 0 Å². The van der Waals surface area contributed by atoms with Crippen LogP contribution in [0.5, 0.6) is 0 Å². The Kier molecular flexibility index (Phi) is 2.04. The van der Waals surface area contributed by atoms with Gasteiger partial charge in [0.2, 0.25) is 0 Å². The molecule has 0 N–H and O–H groups in total. The van der Waals surface area contributed by atoms with Gasteiger partial charge in [0.15, 0.2) is 11.6 Å². The van der Waals surface area contributed by atoms with Crippen LogP contribution in [0.3, 0.4) is 0 Å². The van der Waals surface area contributed by atoms with Gasteiger partial charge in [-0.2, -0.15) is 5.10 Å². The molecular weight excluding hydrogens is 184 g/mol. The minimum absolute atomic E-state index is 0.167. The predicted molar refractivity (Wildman–Crippen MR) is 45.8 cm³/mol. The minimum atomic E-state index is 0.167. The average Bonchev–Trinajstić information content (AvgIpc) is 2.72. The largest absolute Gasteiger partial charge is 0.249 e. The molecule has 0 aliphatic rings. The Morgan fingerprint density at radius 2 is 2.21 bits per heavy atom. The third kappa shape index (κ3) is 1.37. The lowest BCUT2D eigenvalue weighted by Gasteiger charge is -1.99. The van der Waals surface area contributed by atoms with Crippen molar-refractivity contribution in [1.29, 1.82) is 0 Å². The number of hydrogen-bond donors (Lipinski definition) is 0. The summed E-state index contributed by atoms with van der Waals surface area (Å²) in [4.78, 5) is 14.2. The lowest BCUT2D eigenvalue weighted by molar-refractivity contribution is 0.836. The summed E-state index contributed by atoms with van der Waals surface area (Å²) in [6, 6.07) is 0. The molecular formula is C6H4N8. The van der Waals surface area contributed by atoms with E-state index in [0.717, 1.165) is 0 Å². The van der Waals surface area contributed by atoms with E-state index in [0.29, 0.717) is 5.82 Å². The van der Waals surface area contributed by atoms with Crippen molar-refractivity contribution in [2.45, 2.75) is 0 Å². The molecule has 0 fully saturated rings. The maximum absolute atomic E-state index is 8.29. The van der Waals surface area contributed by atoms with Gasteiger partial charge in [-0.25, -0.2) is 19.6 Å². The van der Waals surface area contributed by atoms with Gasteiger partial charge in [-0.15, -0.1) is 0 Å². The number of azide groups is 1. The van der Waals surface area contributed by atoms with Gasteiger partial charge in [-0.3, -0.25) is 0 Å². The molecule has 2 rings (SSSR count). The van der Waals surface area contributed by atoms with Crippen molar-refractivity contribution >= 4 is 5.82 Å². The molecule has 0 unspecified atom stereocenters. The van der Waals surface area contributed by atoms with Gasteiger partial charge in [0.05, 0.1) is 0 Å². The van der Waals surface area contributed by atoms with Crippen LogP contribution in [0.15, 0.2) is 30.2 Å². The summed E-state index contributed by atoms with van der Waals surface area (Å²) in [7, 11) is 0. The lowest BCUT2D eigenvalue weighted by Crippen LogP contribution is -1.98. The first-order valence-corrected chi connectivity index (χ1v) is 3.63. The van der Waals surface area contributed by atoms with Crippen molar-refractivity contribution < 1.29 is 0 Å². The highest BCUT2D eigenvalue weighted by Crippen LogP contribution is 2.15. The third-order valence-corrected chi connectivity index (χ3v) is 1.44. The van der Waals surface area contributed by atoms with Gasteiger partial charge < -0.3 is 0 Å². The summed E-state index contributed by atoms with van der Waals surface area (Å²) < 4.78 is 1.37. The molecule has 0 radical (unpaired) electrons. The molecule has 0 spiro atoms. The normalized spacial score (nSPS) is 9.43. The maximum atomic E-state index is 8.29. The second kappa shape index (κ2) is 3.50. The van der Waals surface area contributed by atoms with Crippen LogP contribution in [0.1, 0.15) is 0 Å². The molecule has 0 saturated heterocycles. The van der Waals surface area contributed by atoms with Crippen LogP contribution in [-0.4, -0.2) is 24.7 Å². The SMILES string of the molecule is [N-]=[N+]=Nc1nccnc1-n1cncn1. The fraction of sp³-hybridized carbons (Fsp3) is 0. The van der Waals surface area contributed by atoms with E-state index < -0.39 is 0 Å². The molecule has 14 heavy (non-hydrogen) atoms. The molecule has 2 heterocycles. The molecule has 8 nitrogen and oxygen atoms in total. The molecule has 68 valence electrons. The van der Waals surface area contributed by atoms with Crippen molar-refractivity contribution in [3.8, 4) is 5.82 Å². The van der Waals surface area contributed by atoms with E-state index in [2.05, 4.69) is 30.1 Å². The fourth-order valence-electron chi connectivity index (χ4n) is 0.915. The molecule has 0 atom stereocenters. The molecule has 8 heteroatoms. The molecule has 0 saturated carbocycles. The smallest absolute Gasteiger partial charge is 0.183 e. The van der Waals surface area contributed by atoms with E-state index in [1.807, 2.05) is 0 Å². The Morgan fingerprint density at radius 1 is 1.36 bits per heavy atom. The highest BCUT2D eigenvalue weighted by Gasteiger charge is 2.04. The quantitative estimate of drug-likeness (QED) is 0.398. The maximum Gasteiger partial charge on any atom is 0.183 e. The van der Waals surface area contributed by atoms with E-state index in [1.54, 1.807) is 0 Å². The van der Waals surface area contributed by atoms with Crippen molar-refractivity contribution in [2.24, 2.45) is 5.11 Å². The average molecular weight is 188 g/mol. The Morgan fingerprint density at radius 3 is 2.93 bits per heavy atom. The van der Waals surface area contributed by atoms with Gasteiger partial charge in [0.25, 0.3) is 0 Å². The Hall–Kier alpha value is -2.47. The number of rotatable bonds is 2. The van der Waals surface area contributed by atoms with E-state index in [-0.39, 0.29) is 5.82 Å². The van der Waals surface area contributed by atoms with Crippen molar-refractivity contribution in [3.63, 3.8) is 0 Å². The Bertz CT molecular complexity index is 468. The molecule has 0 aliphatic heterocycles. The highest BCUT2D eigenvalue weighted by molar-refractivity contribution is 5.43. The first kappa shape index (κ1) is 8.14. The van der Waals surface area contributed by atoms with E-state index in [1.165, 1.54) is 29.7 Å². The van der Waals surface area contributed by atoms with Crippen LogP contribution in [0.25, 0.3) is 16.3 Å². The van der Waals surface area contributed by atoms with Crippen LogP contribution in [0.4, 0.5) is 5.82 Å². The predicted octanol–water partition coefficient (Wildman–Crippen LogP) is 0.999. The molecule has 2 aromatic rings. The van der Waals surface area contributed by atoms with E-state index >= 15 is 0 Å². The second-order valence-corrected chi connectivity index (χ2v) is 2.23. The van der Waals surface area contributed by atoms with Gasteiger partial charge >= 0.3 is 0 Å². The summed E-state index contributed by atoms with van der Waals surface area (Å²) in [5, 5.41) is 7.23. The Balaban J connectivity index is 2.57. The van der Waals surface area contributed by atoms with Crippen LogP contribution >= 0.6 is 0 Å². The highest BCUT2D eigenvalue weighted by atomic mass is 15.4. The second-order valence-electron chi connectivity index (χ2n) is 2.23. The summed E-state index contributed by atoms with van der Waals surface area (Å²) in [5.41, 5.74) is 8.29. The summed E-state index contributed by atoms with van der Waals surface area (Å²) >= 11 is 0. The van der Waals surface area contributed by atoms with Gasteiger partial charge in [0, 0.05) is 17.3 Å². The summed E-state index contributed by atoms with van der Waals surface area (Å²) in [6.45, 7) is 0. The molecule has 0 aliphatic carbocycles. The lowest BCUT2D eigenvalue weighted by atomic mass is 10.6. The van der Waals surface area contributed by atoms with Gasteiger partial charge in [-0.1, -0.05) is 0 Å². The zero-order valence-corrected chi connectivity index (χ0v) is 6.89. The van der Waals surface area contributed by atoms with Crippen molar-refractivity contribution in [3.05, 3.63) is 35.5 Å². The number of aromatic nitrogens is 5. The zero-order valence-electron chi connectivity index (χ0n) is 6.89. The summed E-state index contributed by atoms with van der Waals surface area (Å²) in [6.07, 6.45) is 5.72. The van der Waals surface area contributed by atoms with Gasteiger partial charge in [-0.05, 0) is 10.6 Å². The number of hydrogen-bond acceptors (Lipinski definition) is 5.